The minimum atomic E-state index is -0.438. The molecule has 6 heteroatoms. The van der Waals surface area contributed by atoms with Crippen LogP contribution in [0.3, 0.4) is 0 Å². The maximum atomic E-state index is 7.57. The second kappa shape index (κ2) is 23.4. The van der Waals surface area contributed by atoms with Crippen LogP contribution in [0.15, 0.2) is 152 Å². The normalized spacial score (nSPS) is 19.6. The average molecular weight is 691 g/mol. The first-order chi connectivity index (χ1) is 25.2. The van der Waals surface area contributed by atoms with Gasteiger partial charge in [-0.15, -0.1) is 0 Å². The Labute approximate surface area is 305 Å². The van der Waals surface area contributed by atoms with Crippen molar-refractivity contribution in [1.82, 2.24) is 0 Å². The molecular formula is C45H54O6. The van der Waals surface area contributed by atoms with E-state index in [9.17, 15) is 0 Å². The lowest BCUT2D eigenvalue weighted by atomic mass is 9.90. The van der Waals surface area contributed by atoms with Gasteiger partial charge in [-0.2, -0.15) is 0 Å². The van der Waals surface area contributed by atoms with E-state index in [1.54, 1.807) is 6.92 Å². The second-order valence-electron chi connectivity index (χ2n) is 12.0. The molecule has 1 N–H and O–H groups in total. The van der Waals surface area contributed by atoms with E-state index in [1.807, 2.05) is 92.7 Å². The van der Waals surface area contributed by atoms with Gasteiger partial charge in [-0.25, -0.2) is 0 Å². The quantitative estimate of drug-likeness (QED) is 0.118. The van der Waals surface area contributed by atoms with Crippen LogP contribution < -0.4 is 0 Å². The van der Waals surface area contributed by atoms with E-state index in [0.29, 0.717) is 39.5 Å². The number of benzene rings is 5. The predicted octanol–water partition coefficient (Wildman–Crippen LogP) is 8.99. The first-order valence-corrected chi connectivity index (χ1v) is 18.1. The summed E-state index contributed by atoms with van der Waals surface area (Å²) in [5.74, 6) is 0. The van der Waals surface area contributed by atoms with Crippen LogP contribution in [0.1, 0.15) is 48.6 Å². The molecule has 0 amide bonds. The molecule has 6 nitrogen and oxygen atoms in total. The first kappa shape index (κ1) is 39.6. The zero-order chi connectivity index (χ0) is 35.9. The van der Waals surface area contributed by atoms with Crippen molar-refractivity contribution in [3.8, 4) is 0 Å². The van der Waals surface area contributed by atoms with Crippen molar-refractivity contribution in [3.05, 3.63) is 179 Å². The minimum Gasteiger partial charge on any atom is -0.397 e. The van der Waals surface area contributed by atoms with E-state index in [0.717, 1.165) is 22.3 Å². The maximum Gasteiger partial charge on any atom is 0.115 e. The van der Waals surface area contributed by atoms with Crippen molar-refractivity contribution in [1.29, 1.82) is 0 Å². The molecule has 1 aliphatic rings. The third-order valence-electron chi connectivity index (χ3n) is 8.26. The second-order valence-corrected chi connectivity index (χ2v) is 12.0. The molecule has 51 heavy (non-hydrogen) atoms. The standard InChI is InChI=1S/C41H42O5.C2H6O.C2H6/c1-6-16-32(17-7-1)26-37-39(43-28-34-20-10-3-11-21-34)41(45-30-36-24-14-5-15-25-36)40(44-29-35-22-12-4-13-23-35)38(46-37)31-42-27-33-18-8-2-9-19-33;1-2-3;1-2/h1-25,37-41H,26-31H2;3H,2H2,1H3;1-2H3/t37-,38+,39-,40+,41+;;/m0../s1. The van der Waals surface area contributed by atoms with Crippen LogP contribution in [-0.4, -0.2) is 48.8 Å². The van der Waals surface area contributed by atoms with Gasteiger partial charge in [-0.05, 0) is 34.7 Å². The van der Waals surface area contributed by atoms with Gasteiger partial charge < -0.3 is 28.8 Å². The Kier molecular flexibility index (Phi) is 18.2. The van der Waals surface area contributed by atoms with Gasteiger partial charge in [0, 0.05) is 13.0 Å². The Morgan fingerprint density at radius 1 is 0.451 bits per heavy atom. The van der Waals surface area contributed by atoms with Crippen molar-refractivity contribution >= 4 is 0 Å². The highest BCUT2D eigenvalue weighted by Gasteiger charge is 2.48. The van der Waals surface area contributed by atoms with Crippen molar-refractivity contribution in [2.75, 3.05) is 13.2 Å². The largest absolute Gasteiger partial charge is 0.397 e. The Bertz CT molecular complexity index is 1550. The Hall–Kier alpha value is -4.14. The van der Waals surface area contributed by atoms with Crippen molar-refractivity contribution in [2.24, 2.45) is 0 Å². The van der Waals surface area contributed by atoms with Gasteiger partial charge in [0.05, 0.1) is 39.1 Å². The summed E-state index contributed by atoms with van der Waals surface area (Å²) in [7, 11) is 0. The van der Waals surface area contributed by atoms with Gasteiger partial charge >= 0.3 is 0 Å². The number of aliphatic hydroxyl groups is 1. The van der Waals surface area contributed by atoms with Crippen molar-refractivity contribution < 1.29 is 28.8 Å². The Balaban J connectivity index is 0.00000111. The van der Waals surface area contributed by atoms with Gasteiger partial charge in [-0.3, -0.25) is 0 Å². The fourth-order valence-electron chi connectivity index (χ4n) is 5.90. The molecule has 5 atom stereocenters. The highest BCUT2D eigenvalue weighted by atomic mass is 16.6. The fraction of sp³-hybridized carbons (Fsp3) is 0.333. The molecule has 0 aromatic heterocycles. The molecule has 1 aliphatic heterocycles. The summed E-state index contributed by atoms with van der Waals surface area (Å²) < 4.78 is 33.7. The highest BCUT2D eigenvalue weighted by Crippen LogP contribution is 2.32. The predicted molar refractivity (Wildman–Crippen MR) is 204 cm³/mol. The summed E-state index contributed by atoms with van der Waals surface area (Å²) in [5, 5.41) is 7.57. The molecule has 6 rings (SSSR count). The van der Waals surface area contributed by atoms with Crippen LogP contribution in [0.2, 0.25) is 0 Å². The molecule has 0 radical (unpaired) electrons. The topological polar surface area (TPSA) is 66.4 Å². The molecule has 0 spiro atoms. The van der Waals surface area contributed by atoms with Crippen LogP contribution in [0.25, 0.3) is 0 Å². The van der Waals surface area contributed by atoms with Gasteiger partial charge in [-0.1, -0.05) is 166 Å². The molecule has 1 fully saturated rings. The van der Waals surface area contributed by atoms with E-state index in [-0.39, 0.29) is 18.8 Å². The lowest BCUT2D eigenvalue weighted by Gasteiger charge is -2.46. The Morgan fingerprint density at radius 2 is 0.765 bits per heavy atom. The third kappa shape index (κ3) is 13.5. The summed E-state index contributed by atoms with van der Waals surface area (Å²) >= 11 is 0. The number of hydrogen-bond donors (Lipinski definition) is 1. The summed E-state index contributed by atoms with van der Waals surface area (Å²) in [6.45, 7) is 8.06. The zero-order valence-corrected chi connectivity index (χ0v) is 30.3. The molecule has 5 aromatic carbocycles. The molecule has 5 aromatic rings. The van der Waals surface area contributed by atoms with Crippen LogP contribution in [0.5, 0.6) is 0 Å². The number of ether oxygens (including phenoxy) is 5. The summed E-state index contributed by atoms with van der Waals surface area (Å²) in [6, 6.07) is 51.4. The van der Waals surface area contributed by atoms with E-state index < -0.39 is 18.3 Å². The number of aliphatic hydroxyl groups excluding tert-OH is 1. The average Bonchev–Trinajstić information content (AvgIpc) is 3.19. The summed E-state index contributed by atoms with van der Waals surface area (Å²) in [6.07, 6.45) is -1.23. The molecule has 0 unspecified atom stereocenters. The van der Waals surface area contributed by atoms with Crippen LogP contribution in [0, 0.1) is 0 Å². The van der Waals surface area contributed by atoms with Crippen molar-refractivity contribution in [2.45, 2.75) is 84.1 Å². The zero-order valence-electron chi connectivity index (χ0n) is 30.3. The number of rotatable bonds is 15. The number of hydrogen-bond acceptors (Lipinski definition) is 6. The SMILES string of the molecule is CC.CCO.c1ccc(COC[C@H]2O[C@@H](Cc3ccccc3)[C@H](OCc3ccccc3)[C@@H](OCc3ccccc3)[C@@H]2OCc2ccccc2)cc1. The van der Waals surface area contributed by atoms with Crippen molar-refractivity contribution in [3.63, 3.8) is 0 Å². The lowest BCUT2D eigenvalue weighted by Crippen LogP contribution is -2.61. The van der Waals surface area contributed by atoms with E-state index >= 15 is 0 Å². The molecule has 270 valence electrons. The third-order valence-corrected chi connectivity index (χ3v) is 8.26. The van der Waals surface area contributed by atoms with Crippen LogP contribution >= 0.6 is 0 Å². The first-order valence-electron chi connectivity index (χ1n) is 18.1. The van der Waals surface area contributed by atoms with E-state index in [4.69, 9.17) is 28.8 Å². The van der Waals surface area contributed by atoms with Crippen LogP contribution in [0.4, 0.5) is 0 Å². The molecule has 0 aliphatic carbocycles. The van der Waals surface area contributed by atoms with Gasteiger partial charge in [0.25, 0.3) is 0 Å². The van der Waals surface area contributed by atoms with Gasteiger partial charge in [0.1, 0.15) is 24.4 Å². The maximum absolute atomic E-state index is 7.57. The smallest absolute Gasteiger partial charge is 0.115 e. The molecular weight excluding hydrogens is 636 g/mol. The van der Waals surface area contributed by atoms with Crippen LogP contribution in [-0.2, 0) is 56.5 Å². The minimum absolute atomic E-state index is 0.250. The van der Waals surface area contributed by atoms with Gasteiger partial charge in [0.2, 0.25) is 0 Å². The Morgan fingerprint density at radius 3 is 1.16 bits per heavy atom. The lowest BCUT2D eigenvalue weighted by molar-refractivity contribution is -0.272. The molecule has 1 heterocycles. The molecule has 1 saturated heterocycles. The summed E-state index contributed by atoms with van der Waals surface area (Å²) in [4.78, 5) is 0. The summed E-state index contributed by atoms with van der Waals surface area (Å²) in [5.41, 5.74) is 5.56. The fourth-order valence-corrected chi connectivity index (χ4v) is 5.90. The molecule has 0 bridgehead atoms. The molecule has 0 saturated carbocycles. The van der Waals surface area contributed by atoms with Gasteiger partial charge in [0.15, 0.2) is 0 Å². The highest BCUT2D eigenvalue weighted by molar-refractivity contribution is 5.19. The monoisotopic (exact) mass is 690 g/mol. The van der Waals surface area contributed by atoms with E-state index in [1.165, 1.54) is 5.56 Å². The van der Waals surface area contributed by atoms with E-state index in [2.05, 4.69) is 72.8 Å².